The van der Waals surface area contributed by atoms with Crippen LogP contribution in [0.15, 0.2) is 0 Å². The molecule has 0 amide bonds. The van der Waals surface area contributed by atoms with Crippen LogP contribution in [0, 0.1) is 0 Å². The van der Waals surface area contributed by atoms with E-state index in [1.165, 1.54) is 7.11 Å². The lowest BCUT2D eigenvalue weighted by Crippen LogP contribution is -2.15. The molecule has 0 aliphatic heterocycles. The average Bonchev–Trinajstić information content (AvgIpc) is 2.14. The van der Waals surface area contributed by atoms with Crippen molar-refractivity contribution in [1.82, 2.24) is 0 Å². The predicted octanol–water partition coefficient (Wildman–Crippen LogP) is 1.17. The zero-order chi connectivity index (χ0) is 11.0. The molecule has 0 rings (SSSR count). The molecule has 14 heavy (non-hydrogen) atoms. The Kier molecular flexibility index (Phi) is 6.21. The summed E-state index contributed by atoms with van der Waals surface area (Å²) in [5.74, 6) is 0. The molecule has 0 aromatic heterocycles. The van der Waals surface area contributed by atoms with Gasteiger partial charge in [-0.15, -0.1) is 0 Å². The van der Waals surface area contributed by atoms with Crippen molar-refractivity contribution in [3.05, 3.63) is 0 Å². The van der Waals surface area contributed by atoms with Crippen molar-refractivity contribution in [3.63, 3.8) is 0 Å². The second-order valence-corrected chi connectivity index (χ2v) is 2.37. The molecule has 0 aromatic rings. The molecule has 0 fully saturated rings. The van der Waals surface area contributed by atoms with Gasteiger partial charge < -0.3 is 14.6 Å². The first-order valence-electron chi connectivity index (χ1n) is 3.83. The molecule has 0 spiro atoms. The monoisotopic (exact) mass is 208 g/mol. The molecule has 7 heteroatoms. The fourth-order valence-corrected chi connectivity index (χ4v) is 0.520. The van der Waals surface area contributed by atoms with Crippen LogP contribution >= 0.6 is 0 Å². The maximum absolute atomic E-state index is 10.5. The van der Waals surface area contributed by atoms with Crippen LogP contribution in [0.2, 0.25) is 0 Å². The molecule has 0 aliphatic rings. The molecule has 0 saturated carbocycles. The Labute approximate surface area is 80.4 Å². The number of rotatable bonds is 4. The van der Waals surface area contributed by atoms with Gasteiger partial charge in [-0.05, 0) is 6.92 Å². The highest BCUT2D eigenvalue weighted by Gasteiger charge is 2.09. The first kappa shape index (κ1) is 12.5. The summed E-state index contributed by atoms with van der Waals surface area (Å²) in [5.41, 5.74) is 0. The van der Waals surface area contributed by atoms with Gasteiger partial charge in [0.05, 0.1) is 12.7 Å². The van der Waals surface area contributed by atoms with Gasteiger partial charge in [-0.2, -0.15) is 9.68 Å². The van der Waals surface area contributed by atoms with Gasteiger partial charge in [-0.3, -0.25) is 0 Å². The summed E-state index contributed by atoms with van der Waals surface area (Å²) in [7, 11) is 1.52. The van der Waals surface area contributed by atoms with E-state index in [0.29, 0.717) is 6.42 Å². The van der Waals surface area contributed by atoms with E-state index in [1.54, 1.807) is 6.92 Å². The molecular formula is C7H12O7. The first-order valence-corrected chi connectivity index (χ1v) is 3.83. The average molecular weight is 208 g/mol. The van der Waals surface area contributed by atoms with Crippen LogP contribution in [0.5, 0.6) is 0 Å². The minimum absolute atomic E-state index is 0.0526. The maximum Gasteiger partial charge on any atom is 0.549 e. The summed E-state index contributed by atoms with van der Waals surface area (Å²) >= 11 is 0. The number of methoxy groups -OCH3 is 1. The molecule has 0 saturated heterocycles. The Morgan fingerprint density at radius 3 is 2.50 bits per heavy atom. The summed E-state index contributed by atoms with van der Waals surface area (Å²) in [5, 5.41) is 7.94. The molecule has 1 N–H and O–H groups in total. The van der Waals surface area contributed by atoms with Crippen molar-refractivity contribution < 1.29 is 33.9 Å². The lowest BCUT2D eigenvalue weighted by atomic mass is 10.3. The summed E-state index contributed by atoms with van der Waals surface area (Å²) in [6.07, 6.45) is -2.48. The molecule has 82 valence electrons. The normalized spacial score (nSPS) is 11.6. The molecule has 0 heterocycles. The van der Waals surface area contributed by atoms with Gasteiger partial charge in [0.25, 0.3) is 0 Å². The second-order valence-electron chi connectivity index (χ2n) is 2.37. The van der Waals surface area contributed by atoms with E-state index in [2.05, 4.69) is 14.5 Å². The van der Waals surface area contributed by atoms with Crippen molar-refractivity contribution in [1.29, 1.82) is 0 Å². The second kappa shape index (κ2) is 6.96. The molecule has 1 atom stereocenters. The highest BCUT2D eigenvalue weighted by atomic mass is 17.3. The quantitative estimate of drug-likeness (QED) is 0.421. The highest BCUT2D eigenvalue weighted by molar-refractivity contribution is 5.62. The van der Waals surface area contributed by atoms with Crippen molar-refractivity contribution in [2.75, 3.05) is 13.7 Å². The number of carbonyl (C=O) groups is 2. The van der Waals surface area contributed by atoms with E-state index in [4.69, 9.17) is 9.84 Å². The number of carbonyl (C=O) groups excluding carboxylic acids is 1. The van der Waals surface area contributed by atoms with Crippen LogP contribution in [0.25, 0.3) is 0 Å². The van der Waals surface area contributed by atoms with E-state index in [9.17, 15) is 9.59 Å². The number of carboxylic acid groups (broad SMARTS) is 1. The molecule has 0 aliphatic carbocycles. The maximum atomic E-state index is 10.5. The van der Waals surface area contributed by atoms with Crippen LogP contribution in [0.1, 0.15) is 13.3 Å². The van der Waals surface area contributed by atoms with E-state index in [-0.39, 0.29) is 12.7 Å². The Morgan fingerprint density at radius 1 is 1.36 bits per heavy atom. The van der Waals surface area contributed by atoms with Gasteiger partial charge in [-0.1, -0.05) is 0 Å². The topological polar surface area (TPSA) is 91.3 Å². The lowest BCUT2D eigenvalue weighted by molar-refractivity contribution is -0.213. The van der Waals surface area contributed by atoms with Crippen LogP contribution in [0.3, 0.4) is 0 Å². The molecule has 1 unspecified atom stereocenters. The van der Waals surface area contributed by atoms with Gasteiger partial charge in [0.1, 0.15) is 0 Å². The van der Waals surface area contributed by atoms with Crippen molar-refractivity contribution >= 4 is 12.3 Å². The van der Waals surface area contributed by atoms with Gasteiger partial charge in [0.2, 0.25) is 0 Å². The first-order chi connectivity index (χ1) is 6.56. The molecular weight excluding hydrogens is 196 g/mol. The molecule has 0 radical (unpaired) electrons. The summed E-state index contributed by atoms with van der Waals surface area (Å²) in [4.78, 5) is 27.5. The van der Waals surface area contributed by atoms with Crippen molar-refractivity contribution in [2.24, 2.45) is 0 Å². The Balaban J connectivity index is 3.40. The van der Waals surface area contributed by atoms with Gasteiger partial charge in [-0.25, -0.2) is 9.68 Å². The SMILES string of the molecule is COC(C)CCOC(=O)OOC(=O)O. The van der Waals surface area contributed by atoms with Crippen LogP contribution in [0.4, 0.5) is 9.59 Å². The number of ether oxygens (including phenoxy) is 2. The largest absolute Gasteiger partial charge is 0.549 e. The third-order valence-electron chi connectivity index (χ3n) is 1.33. The van der Waals surface area contributed by atoms with Crippen LogP contribution in [-0.4, -0.2) is 37.2 Å². The fourth-order valence-electron chi connectivity index (χ4n) is 0.520. The van der Waals surface area contributed by atoms with Gasteiger partial charge in [0.15, 0.2) is 0 Å². The van der Waals surface area contributed by atoms with E-state index in [0.717, 1.165) is 0 Å². The zero-order valence-corrected chi connectivity index (χ0v) is 7.89. The lowest BCUT2D eigenvalue weighted by Gasteiger charge is -2.08. The Bertz CT molecular complexity index is 190. The van der Waals surface area contributed by atoms with Gasteiger partial charge in [0, 0.05) is 13.5 Å². The van der Waals surface area contributed by atoms with E-state index < -0.39 is 12.3 Å². The van der Waals surface area contributed by atoms with E-state index in [1.807, 2.05) is 0 Å². The van der Waals surface area contributed by atoms with Crippen molar-refractivity contribution in [2.45, 2.75) is 19.4 Å². The molecule has 0 aromatic carbocycles. The summed E-state index contributed by atoms with van der Waals surface area (Å²) in [6.45, 7) is 1.86. The van der Waals surface area contributed by atoms with Crippen LogP contribution in [-0.2, 0) is 19.2 Å². The summed E-state index contributed by atoms with van der Waals surface area (Å²) < 4.78 is 9.31. The minimum Gasteiger partial charge on any atom is -0.447 e. The minimum atomic E-state index is -1.72. The highest BCUT2D eigenvalue weighted by Crippen LogP contribution is 1.97. The number of hydrogen-bond donors (Lipinski definition) is 1. The Hall–Kier alpha value is -1.50. The predicted molar refractivity (Wildman–Crippen MR) is 42.6 cm³/mol. The summed E-state index contributed by atoms with van der Waals surface area (Å²) in [6, 6.07) is 0. The van der Waals surface area contributed by atoms with Crippen LogP contribution < -0.4 is 0 Å². The Morgan fingerprint density at radius 2 is 2.00 bits per heavy atom. The van der Waals surface area contributed by atoms with Gasteiger partial charge >= 0.3 is 12.3 Å². The van der Waals surface area contributed by atoms with E-state index >= 15 is 0 Å². The molecule has 7 nitrogen and oxygen atoms in total. The smallest absolute Gasteiger partial charge is 0.447 e. The fraction of sp³-hybridized carbons (Fsp3) is 0.714. The number of hydrogen-bond acceptors (Lipinski definition) is 6. The third kappa shape index (κ3) is 7.17. The standard InChI is InChI=1S/C7H12O7/c1-5(11-2)3-4-12-7(10)14-13-6(8)9/h5H,3-4H2,1-2H3,(H,8,9). The zero-order valence-electron chi connectivity index (χ0n) is 7.89. The third-order valence-corrected chi connectivity index (χ3v) is 1.33. The van der Waals surface area contributed by atoms with Crippen molar-refractivity contribution in [3.8, 4) is 0 Å². The molecule has 0 bridgehead atoms.